The molecule has 0 saturated carbocycles. The average molecular weight is 243 g/mol. The van der Waals surface area contributed by atoms with Crippen molar-refractivity contribution in [2.24, 2.45) is 5.92 Å². The zero-order valence-electron chi connectivity index (χ0n) is 12.7. The van der Waals surface area contributed by atoms with E-state index in [2.05, 4.69) is 32.6 Å². The van der Waals surface area contributed by atoms with Crippen molar-refractivity contribution in [1.29, 1.82) is 0 Å². The first-order valence-corrected chi connectivity index (χ1v) is 6.53. The predicted molar refractivity (Wildman–Crippen MR) is 72.0 cm³/mol. The van der Waals surface area contributed by atoms with Gasteiger partial charge in [0.05, 0.1) is 0 Å². The minimum Gasteiger partial charge on any atom is -0.459 e. The summed E-state index contributed by atoms with van der Waals surface area (Å²) >= 11 is 0. The highest BCUT2D eigenvalue weighted by molar-refractivity contribution is 5.75. The van der Waals surface area contributed by atoms with Crippen LogP contribution in [0.2, 0.25) is 0 Å². The van der Waals surface area contributed by atoms with E-state index in [0.717, 1.165) is 6.54 Å². The van der Waals surface area contributed by atoms with E-state index in [4.69, 9.17) is 4.74 Å². The van der Waals surface area contributed by atoms with Crippen molar-refractivity contribution in [3.05, 3.63) is 0 Å². The maximum Gasteiger partial charge on any atom is 0.323 e. The highest BCUT2D eigenvalue weighted by Crippen LogP contribution is 2.14. The molecule has 17 heavy (non-hydrogen) atoms. The fraction of sp³-hybridized carbons (Fsp3) is 0.929. The number of ether oxygens (including phenoxy) is 1. The molecule has 0 heterocycles. The van der Waals surface area contributed by atoms with Crippen molar-refractivity contribution in [3.8, 4) is 0 Å². The summed E-state index contributed by atoms with van der Waals surface area (Å²) in [6.07, 6.45) is 0. The van der Waals surface area contributed by atoms with Crippen LogP contribution in [0.1, 0.15) is 55.4 Å². The number of rotatable bonds is 5. The van der Waals surface area contributed by atoms with Crippen LogP contribution in [0.5, 0.6) is 0 Å². The Kier molecular flexibility index (Phi) is 6.17. The Hall–Kier alpha value is -0.570. The third kappa shape index (κ3) is 6.67. The normalized spacial score (nSPS) is 14.5. The quantitative estimate of drug-likeness (QED) is 0.695. The van der Waals surface area contributed by atoms with E-state index in [9.17, 15) is 4.79 Å². The number of hydrogen-bond donors (Lipinski definition) is 0. The van der Waals surface area contributed by atoms with E-state index >= 15 is 0 Å². The zero-order valence-corrected chi connectivity index (χ0v) is 12.7. The third-order valence-electron chi connectivity index (χ3n) is 2.48. The lowest BCUT2D eigenvalue weighted by Gasteiger charge is -2.34. The van der Waals surface area contributed by atoms with Gasteiger partial charge in [0.2, 0.25) is 0 Å². The van der Waals surface area contributed by atoms with Gasteiger partial charge in [-0.2, -0.15) is 0 Å². The average Bonchev–Trinajstić information content (AvgIpc) is 2.09. The van der Waals surface area contributed by atoms with Crippen molar-refractivity contribution in [1.82, 2.24) is 4.90 Å². The molecule has 0 aliphatic rings. The van der Waals surface area contributed by atoms with Gasteiger partial charge >= 0.3 is 5.97 Å². The molecule has 0 rings (SSSR count). The Bertz CT molecular complexity index is 241. The lowest BCUT2D eigenvalue weighted by molar-refractivity contribution is -0.161. The first kappa shape index (κ1) is 16.4. The predicted octanol–water partition coefficient (Wildman–Crippen LogP) is 3.08. The molecule has 1 unspecified atom stereocenters. The molecule has 102 valence electrons. The van der Waals surface area contributed by atoms with E-state index in [1.54, 1.807) is 0 Å². The van der Waals surface area contributed by atoms with Gasteiger partial charge in [-0.3, -0.25) is 9.69 Å². The molecule has 3 nitrogen and oxygen atoms in total. The standard InChI is InChI=1S/C14H29NO2/c1-10(2)9-15(11(3)4)12(5)13(16)17-14(6,7)8/h10-12H,9H2,1-8H3. The summed E-state index contributed by atoms with van der Waals surface area (Å²) in [4.78, 5) is 14.2. The van der Waals surface area contributed by atoms with Crippen LogP contribution < -0.4 is 0 Å². The molecule has 3 heteroatoms. The Labute approximate surface area is 107 Å². The lowest BCUT2D eigenvalue weighted by Crippen LogP contribution is -2.47. The van der Waals surface area contributed by atoms with Crippen molar-refractivity contribution < 1.29 is 9.53 Å². The van der Waals surface area contributed by atoms with E-state index in [1.807, 2.05) is 27.7 Å². The van der Waals surface area contributed by atoms with E-state index < -0.39 is 5.60 Å². The maximum atomic E-state index is 12.0. The van der Waals surface area contributed by atoms with Gasteiger partial charge in [0, 0.05) is 12.6 Å². The molecule has 0 bridgehead atoms. The van der Waals surface area contributed by atoms with Gasteiger partial charge in [0.1, 0.15) is 11.6 Å². The smallest absolute Gasteiger partial charge is 0.323 e. The van der Waals surface area contributed by atoms with Gasteiger partial charge in [0.15, 0.2) is 0 Å². The highest BCUT2D eigenvalue weighted by Gasteiger charge is 2.28. The van der Waals surface area contributed by atoms with Crippen LogP contribution in [0.25, 0.3) is 0 Å². The summed E-state index contributed by atoms with van der Waals surface area (Å²) in [5, 5.41) is 0. The van der Waals surface area contributed by atoms with E-state index in [-0.39, 0.29) is 12.0 Å². The SMILES string of the molecule is CC(C)CN(C(C)C)C(C)C(=O)OC(C)(C)C. The fourth-order valence-corrected chi connectivity index (χ4v) is 1.76. The zero-order chi connectivity index (χ0) is 13.8. The summed E-state index contributed by atoms with van der Waals surface area (Å²) in [6.45, 7) is 17.1. The van der Waals surface area contributed by atoms with Crippen LogP contribution in [0.4, 0.5) is 0 Å². The lowest BCUT2D eigenvalue weighted by atomic mass is 10.1. The Morgan fingerprint density at radius 2 is 1.59 bits per heavy atom. The van der Waals surface area contributed by atoms with Gasteiger partial charge in [-0.1, -0.05) is 13.8 Å². The monoisotopic (exact) mass is 243 g/mol. The van der Waals surface area contributed by atoms with Crippen molar-refractivity contribution in [2.45, 2.75) is 73.1 Å². The number of nitrogens with zero attached hydrogens (tertiary/aromatic N) is 1. The number of hydrogen-bond acceptors (Lipinski definition) is 3. The van der Waals surface area contributed by atoms with Crippen molar-refractivity contribution in [2.75, 3.05) is 6.54 Å². The van der Waals surface area contributed by atoms with Crippen LogP contribution in [0, 0.1) is 5.92 Å². The van der Waals surface area contributed by atoms with Gasteiger partial charge in [-0.05, 0) is 47.5 Å². The molecular weight excluding hydrogens is 214 g/mol. The van der Waals surface area contributed by atoms with E-state index in [0.29, 0.717) is 12.0 Å². The minimum atomic E-state index is -0.411. The van der Waals surface area contributed by atoms with Gasteiger partial charge in [-0.15, -0.1) is 0 Å². The molecule has 0 aromatic carbocycles. The number of carbonyl (C=O) groups is 1. The minimum absolute atomic E-state index is 0.133. The number of carbonyl (C=O) groups excluding carboxylic acids is 1. The molecule has 0 saturated heterocycles. The van der Waals surface area contributed by atoms with Gasteiger partial charge in [0.25, 0.3) is 0 Å². The van der Waals surface area contributed by atoms with Crippen LogP contribution in [0.15, 0.2) is 0 Å². The van der Waals surface area contributed by atoms with Crippen LogP contribution >= 0.6 is 0 Å². The van der Waals surface area contributed by atoms with Crippen LogP contribution in [-0.2, 0) is 9.53 Å². The molecular formula is C14H29NO2. The second kappa shape index (κ2) is 6.39. The molecule has 0 spiro atoms. The second-order valence-corrected chi connectivity index (χ2v) is 6.39. The van der Waals surface area contributed by atoms with E-state index in [1.165, 1.54) is 0 Å². The molecule has 0 N–H and O–H groups in total. The number of esters is 1. The first-order chi connectivity index (χ1) is 7.54. The molecule has 0 aliphatic heterocycles. The van der Waals surface area contributed by atoms with Gasteiger partial charge < -0.3 is 4.74 Å². The summed E-state index contributed by atoms with van der Waals surface area (Å²) in [7, 11) is 0. The topological polar surface area (TPSA) is 29.5 Å². The largest absolute Gasteiger partial charge is 0.459 e. The fourth-order valence-electron chi connectivity index (χ4n) is 1.76. The summed E-state index contributed by atoms with van der Waals surface area (Å²) < 4.78 is 5.43. The molecule has 0 amide bonds. The first-order valence-electron chi connectivity index (χ1n) is 6.53. The Morgan fingerprint density at radius 3 is 1.88 bits per heavy atom. The molecule has 0 aromatic rings. The molecule has 0 fully saturated rings. The summed E-state index contributed by atoms with van der Waals surface area (Å²) in [6, 6.07) is 0.163. The second-order valence-electron chi connectivity index (χ2n) is 6.39. The Balaban J connectivity index is 4.61. The molecule has 0 radical (unpaired) electrons. The van der Waals surface area contributed by atoms with Crippen LogP contribution in [-0.4, -0.2) is 35.1 Å². The maximum absolute atomic E-state index is 12.0. The highest BCUT2D eigenvalue weighted by atomic mass is 16.6. The third-order valence-corrected chi connectivity index (χ3v) is 2.48. The molecule has 0 aromatic heterocycles. The van der Waals surface area contributed by atoms with Crippen molar-refractivity contribution in [3.63, 3.8) is 0 Å². The van der Waals surface area contributed by atoms with Gasteiger partial charge in [-0.25, -0.2) is 0 Å². The van der Waals surface area contributed by atoms with Crippen LogP contribution in [0.3, 0.4) is 0 Å². The van der Waals surface area contributed by atoms with Crippen molar-refractivity contribution >= 4 is 5.97 Å². The molecule has 1 atom stereocenters. The summed E-state index contributed by atoms with van der Waals surface area (Å²) in [5.41, 5.74) is -0.411. The summed E-state index contributed by atoms with van der Waals surface area (Å²) in [5.74, 6) is 0.411. The molecule has 0 aliphatic carbocycles. The Morgan fingerprint density at radius 1 is 1.12 bits per heavy atom.